The molecule has 4 aromatic rings. The normalized spacial score (nSPS) is 14.3. The van der Waals surface area contributed by atoms with Crippen LogP contribution in [0.2, 0.25) is 0 Å². The van der Waals surface area contributed by atoms with Gasteiger partial charge in [0.15, 0.2) is 0 Å². The second kappa shape index (κ2) is 7.52. The first-order valence-corrected chi connectivity index (χ1v) is 9.53. The van der Waals surface area contributed by atoms with Crippen LogP contribution in [0, 0.1) is 0 Å². The molecule has 0 saturated carbocycles. The predicted octanol–water partition coefficient (Wildman–Crippen LogP) is 3.80. The summed E-state index contributed by atoms with van der Waals surface area (Å²) in [7, 11) is 1.64. The minimum absolute atomic E-state index is 0.476. The summed E-state index contributed by atoms with van der Waals surface area (Å²) in [6.45, 7) is 3.02. The van der Waals surface area contributed by atoms with Crippen LogP contribution in [0.1, 0.15) is 0 Å². The lowest BCUT2D eigenvalue weighted by Crippen LogP contribution is -2.36. The SMILES string of the molecule is COc1ccc(-c2noc(-c3cc(N4CCOCC4)nc4ccccc34)n2)cc1. The van der Waals surface area contributed by atoms with Gasteiger partial charge in [-0.25, -0.2) is 4.98 Å². The first-order valence-electron chi connectivity index (χ1n) is 9.53. The van der Waals surface area contributed by atoms with E-state index in [1.54, 1.807) is 7.11 Å². The summed E-state index contributed by atoms with van der Waals surface area (Å²) in [5.41, 5.74) is 2.65. The van der Waals surface area contributed by atoms with Crippen LogP contribution in [-0.4, -0.2) is 48.5 Å². The highest BCUT2D eigenvalue weighted by molar-refractivity contribution is 5.94. The van der Waals surface area contributed by atoms with Crippen molar-refractivity contribution in [1.29, 1.82) is 0 Å². The van der Waals surface area contributed by atoms with E-state index >= 15 is 0 Å². The molecule has 0 aliphatic carbocycles. The maximum Gasteiger partial charge on any atom is 0.259 e. The van der Waals surface area contributed by atoms with E-state index in [0.717, 1.165) is 46.7 Å². The van der Waals surface area contributed by atoms with Gasteiger partial charge < -0.3 is 18.9 Å². The quantitative estimate of drug-likeness (QED) is 0.526. The van der Waals surface area contributed by atoms with Crippen LogP contribution in [0.3, 0.4) is 0 Å². The molecule has 1 fully saturated rings. The highest BCUT2D eigenvalue weighted by Crippen LogP contribution is 2.32. The number of para-hydroxylation sites is 1. The van der Waals surface area contributed by atoms with Crippen molar-refractivity contribution in [2.75, 3.05) is 38.3 Å². The zero-order chi connectivity index (χ0) is 19.6. The largest absolute Gasteiger partial charge is 0.497 e. The lowest BCUT2D eigenvalue weighted by molar-refractivity contribution is 0.122. The molecular weight excluding hydrogens is 368 g/mol. The van der Waals surface area contributed by atoms with Crippen molar-refractivity contribution in [2.24, 2.45) is 0 Å². The van der Waals surface area contributed by atoms with Crippen LogP contribution >= 0.6 is 0 Å². The van der Waals surface area contributed by atoms with E-state index in [-0.39, 0.29) is 0 Å². The van der Waals surface area contributed by atoms with Gasteiger partial charge in [-0.2, -0.15) is 4.98 Å². The molecule has 0 N–H and O–H groups in total. The fourth-order valence-electron chi connectivity index (χ4n) is 3.48. The predicted molar refractivity (Wildman–Crippen MR) is 110 cm³/mol. The highest BCUT2D eigenvalue weighted by Gasteiger charge is 2.19. The first kappa shape index (κ1) is 17.6. The van der Waals surface area contributed by atoms with Crippen molar-refractivity contribution in [3.05, 3.63) is 54.6 Å². The van der Waals surface area contributed by atoms with Crippen molar-refractivity contribution in [1.82, 2.24) is 15.1 Å². The number of rotatable bonds is 4. The Hall–Kier alpha value is -3.45. The smallest absolute Gasteiger partial charge is 0.259 e. The Kier molecular flexibility index (Phi) is 4.57. The van der Waals surface area contributed by atoms with Gasteiger partial charge in [-0.15, -0.1) is 0 Å². The molecule has 0 bridgehead atoms. The lowest BCUT2D eigenvalue weighted by Gasteiger charge is -2.28. The van der Waals surface area contributed by atoms with Crippen molar-refractivity contribution < 1.29 is 14.0 Å². The topological polar surface area (TPSA) is 73.5 Å². The molecule has 1 saturated heterocycles. The summed E-state index contributed by atoms with van der Waals surface area (Å²) in [6, 6.07) is 17.6. The van der Waals surface area contributed by atoms with Crippen molar-refractivity contribution in [2.45, 2.75) is 0 Å². The van der Waals surface area contributed by atoms with Gasteiger partial charge in [-0.3, -0.25) is 0 Å². The molecule has 3 heterocycles. The van der Waals surface area contributed by atoms with Gasteiger partial charge in [0.05, 0.1) is 31.4 Å². The molecule has 29 heavy (non-hydrogen) atoms. The van der Waals surface area contributed by atoms with Gasteiger partial charge in [-0.05, 0) is 36.4 Å². The zero-order valence-electron chi connectivity index (χ0n) is 16.0. The number of hydrogen-bond donors (Lipinski definition) is 0. The van der Waals surface area contributed by atoms with Crippen molar-refractivity contribution >= 4 is 16.7 Å². The molecule has 146 valence electrons. The number of methoxy groups -OCH3 is 1. The highest BCUT2D eigenvalue weighted by atomic mass is 16.5. The number of nitrogens with zero attached hydrogens (tertiary/aromatic N) is 4. The third-order valence-electron chi connectivity index (χ3n) is 5.04. The molecule has 2 aromatic heterocycles. The van der Waals surface area contributed by atoms with E-state index in [1.807, 2.05) is 54.6 Å². The Morgan fingerprint density at radius 3 is 2.55 bits per heavy atom. The van der Waals surface area contributed by atoms with Crippen LogP contribution in [0.4, 0.5) is 5.82 Å². The Balaban J connectivity index is 1.57. The molecule has 1 aliphatic heterocycles. The Labute approximate surface area is 167 Å². The molecule has 0 spiro atoms. The van der Waals surface area contributed by atoms with Crippen LogP contribution in [0.25, 0.3) is 33.7 Å². The van der Waals surface area contributed by atoms with Crippen LogP contribution in [0.5, 0.6) is 5.75 Å². The third-order valence-corrected chi connectivity index (χ3v) is 5.04. The number of benzene rings is 2. The first-order chi connectivity index (χ1) is 14.3. The summed E-state index contributed by atoms with van der Waals surface area (Å²) < 4.78 is 16.3. The van der Waals surface area contributed by atoms with E-state index in [1.165, 1.54) is 0 Å². The standard InChI is InChI=1S/C22H20N4O3/c1-27-16-8-6-15(7-9-16)21-24-22(29-25-21)18-14-20(26-10-12-28-13-11-26)23-19-5-3-2-4-17(18)19/h2-9,14H,10-13H2,1H3. The van der Waals surface area contributed by atoms with E-state index in [0.29, 0.717) is 24.9 Å². The third kappa shape index (κ3) is 3.40. The maximum absolute atomic E-state index is 5.65. The number of pyridine rings is 1. The molecule has 0 radical (unpaired) electrons. The van der Waals surface area contributed by atoms with Gasteiger partial charge in [-0.1, -0.05) is 23.4 Å². The Morgan fingerprint density at radius 1 is 0.966 bits per heavy atom. The molecule has 5 rings (SSSR count). The number of morpholine rings is 1. The maximum atomic E-state index is 5.65. The number of fused-ring (bicyclic) bond motifs is 1. The van der Waals surface area contributed by atoms with Gasteiger partial charge in [0.2, 0.25) is 5.82 Å². The van der Waals surface area contributed by atoms with Crippen LogP contribution in [0.15, 0.2) is 59.1 Å². The number of aromatic nitrogens is 3. The van der Waals surface area contributed by atoms with Gasteiger partial charge >= 0.3 is 0 Å². The van der Waals surface area contributed by atoms with E-state index in [4.69, 9.17) is 19.0 Å². The molecule has 7 nitrogen and oxygen atoms in total. The number of hydrogen-bond acceptors (Lipinski definition) is 7. The molecule has 0 unspecified atom stereocenters. The van der Waals surface area contributed by atoms with Crippen LogP contribution in [-0.2, 0) is 4.74 Å². The second-order valence-electron chi connectivity index (χ2n) is 6.80. The summed E-state index contributed by atoms with van der Waals surface area (Å²) in [6.07, 6.45) is 0. The van der Waals surface area contributed by atoms with E-state index in [2.05, 4.69) is 15.0 Å². The minimum atomic E-state index is 0.476. The van der Waals surface area contributed by atoms with E-state index < -0.39 is 0 Å². The lowest BCUT2D eigenvalue weighted by atomic mass is 10.1. The molecule has 2 aromatic carbocycles. The molecule has 1 aliphatic rings. The van der Waals surface area contributed by atoms with Crippen molar-refractivity contribution in [3.8, 4) is 28.6 Å². The second-order valence-corrected chi connectivity index (χ2v) is 6.80. The summed E-state index contributed by atoms with van der Waals surface area (Å²) >= 11 is 0. The van der Waals surface area contributed by atoms with Gasteiger partial charge in [0.25, 0.3) is 5.89 Å². The van der Waals surface area contributed by atoms with Gasteiger partial charge in [0.1, 0.15) is 11.6 Å². The molecular formula is C22H20N4O3. The van der Waals surface area contributed by atoms with E-state index in [9.17, 15) is 0 Å². The van der Waals surface area contributed by atoms with Crippen molar-refractivity contribution in [3.63, 3.8) is 0 Å². The zero-order valence-corrected chi connectivity index (χ0v) is 16.0. The average Bonchev–Trinajstić information content (AvgIpc) is 3.29. The number of ether oxygens (including phenoxy) is 2. The minimum Gasteiger partial charge on any atom is -0.497 e. The fourth-order valence-corrected chi connectivity index (χ4v) is 3.48. The number of anilines is 1. The van der Waals surface area contributed by atoms with Crippen LogP contribution < -0.4 is 9.64 Å². The fraction of sp³-hybridized carbons (Fsp3) is 0.227. The monoisotopic (exact) mass is 388 g/mol. The summed E-state index contributed by atoms with van der Waals surface area (Å²) in [5.74, 6) is 2.69. The Bertz CT molecular complexity index is 1130. The molecule has 0 amide bonds. The van der Waals surface area contributed by atoms with Gasteiger partial charge in [0, 0.05) is 24.0 Å². The average molecular weight is 388 g/mol. The summed E-state index contributed by atoms with van der Waals surface area (Å²) in [5, 5.41) is 5.17. The Morgan fingerprint density at radius 2 is 1.76 bits per heavy atom. The molecule has 7 heteroatoms. The molecule has 0 atom stereocenters. The summed E-state index contributed by atoms with van der Waals surface area (Å²) in [4.78, 5) is 11.7.